The molecule has 1 fully saturated rings. The van der Waals surface area contributed by atoms with Crippen molar-refractivity contribution in [2.75, 3.05) is 0 Å². The zero-order valence-electron chi connectivity index (χ0n) is 19.3. The van der Waals surface area contributed by atoms with E-state index in [4.69, 9.17) is 18.6 Å². The minimum absolute atomic E-state index is 0.0221. The van der Waals surface area contributed by atoms with Crippen LogP contribution in [0.1, 0.15) is 64.4 Å². The van der Waals surface area contributed by atoms with Crippen molar-refractivity contribution in [1.29, 1.82) is 0 Å². The first-order chi connectivity index (χ1) is 15.9. The molecule has 174 valence electrons. The fraction of sp³-hybridized carbons (Fsp3) is 0.407. The normalized spacial score (nSPS) is 15.4. The summed E-state index contributed by atoms with van der Waals surface area (Å²) in [4.78, 5) is 25.4. The molecular formula is C27H30O6. The van der Waals surface area contributed by atoms with Crippen LogP contribution in [-0.2, 0) is 9.53 Å². The monoisotopic (exact) mass is 450 g/mol. The molecule has 6 heteroatoms. The zero-order valence-corrected chi connectivity index (χ0v) is 19.3. The maximum Gasteiger partial charge on any atom is 0.347 e. The van der Waals surface area contributed by atoms with Crippen LogP contribution in [0.2, 0.25) is 0 Å². The van der Waals surface area contributed by atoms with E-state index in [1.165, 1.54) is 12.7 Å². The number of hydrogen-bond donors (Lipinski definition) is 0. The van der Waals surface area contributed by atoms with Gasteiger partial charge in [-0.05, 0) is 62.3 Å². The molecule has 0 spiro atoms. The van der Waals surface area contributed by atoms with Crippen LogP contribution in [0.15, 0.2) is 57.9 Å². The van der Waals surface area contributed by atoms with Crippen LogP contribution in [0, 0.1) is 0 Å². The molecule has 33 heavy (non-hydrogen) atoms. The van der Waals surface area contributed by atoms with Gasteiger partial charge in [-0.25, -0.2) is 4.79 Å². The number of rotatable bonds is 7. The Morgan fingerprint density at radius 3 is 2.52 bits per heavy atom. The molecule has 1 aromatic heterocycles. The molecule has 0 aliphatic heterocycles. The largest absolute Gasteiger partial charge is 0.479 e. The lowest BCUT2D eigenvalue weighted by molar-refractivity contribution is -0.158. The molecule has 0 amide bonds. The molecule has 4 rings (SSSR count). The van der Waals surface area contributed by atoms with Gasteiger partial charge in [0.2, 0.25) is 11.2 Å². The number of benzene rings is 2. The SMILES string of the molecule is CC(Oc1ccc2c(=O)c(Oc3ccccc3C(C)C)coc2c1)C(=O)OC1CCCCC1. The minimum atomic E-state index is -0.758. The molecule has 0 radical (unpaired) electrons. The van der Waals surface area contributed by atoms with Gasteiger partial charge in [-0.2, -0.15) is 0 Å². The lowest BCUT2D eigenvalue weighted by Crippen LogP contribution is -2.31. The van der Waals surface area contributed by atoms with Gasteiger partial charge in [-0.1, -0.05) is 38.5 Å². The lowest BCUT2D eigenvalue weighted by Gasteiger charge is -2.23. The van der Waals surface area contributed by atoms with E-state index < -0.39 is 6.10 Å². The number of fused-ring (bicyclic) bond motifs is 1. The highest BCUT2D eigenvalue weighted by atomic mass is 16.6. The third-order valence-corrected chi connectivity index (χ3v) is 5.96. The third-order valence-electron chi connectivity index (χ3n) is 5.96. The van der Waals surface area contributed by atoms with E-state index in [2.05, 4.69) is 13.8 Å². The topological polar surface area (TPSA) is 75.0 Å². The third kappa shape index (κ3) is 5.38. The Hall–Kier alpha value is -3.28. The van der Waals surface area contributed by atoms with E-state index in [-0.39, 0.29) is 29.2 Å². The molecule has 1 atom stereocenters. The summed E-state index contributed by atoms with van der Waals surface area (Å²) >= 11 is 0. The molecule has 2 aromatic carbocycles. The quantitative estimate of drug-likeness (QED) is 0.390. The number of hydrogen-bond acceptors (Lipinski definition) is 6. The molecule has 1 heterocycles. The zero-order chi connectivity index (χ0) is 23.4. The van der Waals surface area contributed by atoms with E-state index in [1.807, 2.05) is 24.3 Å². The smallest absolute Gasteiger partial charge is 0.347 e. The van der Waals surface area contributed by atoms with Crippen molar-refractivity contribution in [1.82, 2.24) is 0 Å². The summed E-state index contributed by atoms with van der Waals surface area (Å²) in [6.45, 7) is 5.80. The Balaban J connectivity index is 1.49. The van der Waals surface area contributed by atoms with E-state index in [0.717, 1.165) is 31.2 Å². The van der Waals surface area contributed by atoms with Crippen LogP contribution in [0.3, 0.4) is 0 Å². The van der Waals surface area contributed by atoms with Crippen LogP contribution in [0.4, 0.5) is 0 Å². The molecule has 1 saturated carbocycles. The molecule has 0 bridgehead atoms. The maximum absolute atomic E-state index is 13.0. The summed E-state index contributed by atoms with van der Waals surface area (Å²) in [6, 6.07) is 12.5. The van der Waals surface area contributed by atoms with Gasteiger partial charge in [0.15, 0.2) is 6.10 Å². The second kappa shape index (κ2) is 10.1. The van der Waals surface area contributed by atoms with Gasteiger partial charge in [0.1, 0.15) is 29.4 Å². The minimum Gasteiger partial charge on any atom is -0.479 e. The Bertz CT molecular complexity index is 1170. The van der Waals surface area contributed by atoms with Crippen LogP contribution >= 0.6 is 0 Å². The van der Waals surface area contributed by atoms with E-state index in [0.29, 0.717) is 22.5 Å². The number of esters is 1. The van der Waals surface area contributed by atoms with Gasteiger partial charge in [0.25, 0.3) is 0 Å². The summed E-state index contributed by atoms with van der Waals surface area (Å²) in [5.41, 5.74) is 1.09. The molecule has 0 N–H and O–H groups in total. The fourth-order valence-corrected chi connectivity index (χ4v) is 4.10. The van der Waals surface area contributed by atoms with E-state index in [1.54, 1.807) is 25.1 Å². The summed E-state index contributed by atoms with van der Waals surface area (Å²) in [5.74, 6) is 1.05. The average molecular weight is 451 g/mol. The summed E-state index contributed by atoms with van der Waals surface area (Å²) in [6.07, 6.45) is 5.72. The van der Waals surface area contributed by atoms with Crippen molar-refractivity contribution in [2.45, 2.75) is 71.0 Å². The molecule has 3 aromatic rings. The van der Waals surface area contributed by atoms with Gasteiger partial charge in [0.05, 0.1) is 5.39 Å². The van der Waals surface area contributed by atoms with Gasteiger partial charge in [-0.3, -0.25) is 4.79 Å². The number of ether oxygens (including phenoxy) is 3. The first-order valence-corrected chi connectivity index (χ1v) is 11.6. The Morgan fingerprint density at radius 2 is 1.76 bits per heavy atom. The van der Waals surface area contributed by atoms with Crippen LogP contribution in [0.25, 0.3) is 11.0 Å². The first kappa shape index (κ1) is 22.9. The molecular weight excluding hydrogens is 420 g/mol. The van der Waals surface area contributed by atoms with E-state index >= 15 is 0 Å². The fourth-order valence-electron chi connectivity index (χ4n) is 4.10. The highest BCUT2D eigenvalue weighted by Crippen LogP contribution is 2.30. The van der Waals surface area contributed by atoms with Crippen LogP contribution in [0.5, 0.6) is 17.2 Å². The predicted molar refractivity (Wildman–Crippen MR) is 126 cm³/mol. The van der Waals surface area contributed by atoms with Gasteiger partial charge >= 0.3 is 5.97 Å². The van der Waals surface area contributed by atoms with Crippen molar-refractivity contribution in [3.05, 3.63) is 64.5 Å². The molecule has 1 unspecified atom stereocenters. The number of para-hydroxylation sites is 1. The first-order valence-electron chi connectivity index (χ1n) is 11.6. The van der Waals surface area contributed by atoms with Crippen molar-refractivity contribution >= 4 is 16.9 Å². The Morgan fingerprint density at radius 1 is 1.00 bits per heavy atom. The highest BCUT2D eigenvalue weighted by molar-refractivity contribution is 5.79. The second-order valence-electron chi connectivity index (χ2n) is 8.84. The van der Waals surface area contributed by atoms with E-state index in [9.17, 15) is 9.59 Å². The van der Waals surface area contributed by atoms with Crippen LogP contribution < -0.4 is 14.9 Å². The van der Waals surface area contributed by atoms with Crippen molar-refractivity contribution in [2.24, 2.45) is 0 Å². The van der Waals surface area contributed by atoms with Crippen LogP contribution in [-0.4, -0.2) is 18.2 Å². The standard InChI is InChI=1S/C27H30O6/c1-17(2)21-11-7-8-12-23(21)33-25-16-30-24-15-20(13-14-22(24)26(25)28)31-18(3)27(29)32-19-9-5-4-6-10-19/h7-8,11-19H,4-6,9-10H2,1-3H3. The van der Waals surface area contributed by atoms with Gasteiger partial charge in [-0.15, -0.1) is 0 Å². The van der Waals surface area contributed by atoms with Crippen molar-refractivity contribution < 1.29 is 23.4 Å². The molecule has 0 saturated heterocycles. The molecule has 6 nitrogen and oxygen atoms in total. The Labute approximate surface area is 193 Å². The number of carbonyl (C=O) groups excluding carboxylic acids is 1. The lowest BCUT2D eigenvalue weighted by atomic mass is 9.98. The summed E-state index contributed by atoms with van der Waals surface area (Å²) in [7, 11) is 0. The maximum atomic E-state index is 13.0. The highest BCUT2D eigenvalue weighted by Gasteiger charge is 2.23. The molecule has 1 aliphatic rings. The number of carbonyl (C=O) groups is 1. The average Bonchev–Trinajstić information content (AvgIpc) is 2.81. The van der Waals surface area contributed by atoms with Crippen molar-refractivity contribution in [3.8, 4) is 17.2 Å². The second-order valence-corrected chi connectivity index (χ2v) is 8.84. The summed E-state index contributed by atoms with van der Waals surface area (Å²) in [5, 5.41) is 0.374. The van der Waals surface area contributed by atoms with Gasteiger partial charge < -0.3 is 18.6 Å². The van der Waals surface area contributed by atoms with Crippen molar-refractivity contribution in [3.63, 3.8) is 0 Å². The molecule has 1 aliphatic carbocycles. The summed E-state index contributed by atoms with van der Waals surface area (Å²) < 4.78 is 22.9. The predicted octanol–water partition coefficient (Wildman–Crippen LogP) is 6.35. The van der Waals surface area contributed by atoms with Gasteiger partial charge in [0, 0.05) is 6.07 Å². The Kier molecular flexibility index (Phi) is 7.02.